The van der Waals surface area contributed by atoms with Crippen LogP contribution in [0.15, 0.2) is 224 Å². The van der Waals surface area contributed by atoms with Gasteiger partial charge in [0, 0.05) is 38.2 Å². The first-order valence-electron chi connectivity index (χ1n) is 21.0. The van der Waals surface area contributed by atoms with Crippen LogP contribution in [-0.4, -0.2) is 24.1 Å². The van der Waals surface area contributed by atoms with Crippen molar-refractivity contribution in [1.82, 2.24) is 24.1 Å². The van der Waals surface area contributed by atoms with Crippen LogP contribution in [0.1, 0.15) is 0 Å². The van der Waals surface area contributed by atoms with Crippen LogP contribution < -0.4 is 0 Å². The SMILES string of the molecule is c1ccc(-c2ccc(-c3nc(-c4ccccc4)nc(-n4c5ccccc5c5ccc6c7ccccc7n(-c7cc(-c8ccccc8)ccc7-c7ccccc7)c6c54)n3)cc2)cc1. The predicted molar refractivity (Wildman–Crippen MR) is 256 cm³/mol. The molecule has 3 aromatic heterocycles. The maximum atomic E-state index is 5.39. The summed E-state index contributed by atoms with van der Waals surface area (Å²) in [6, 6.07) is 79.3. The van der Waals surface area contributed by atoms with Gasteiger partial charge >= 0.3 is 0 Å². The molecular formula is C57H37N5. The zero-order valence-electron chi connectivity index (χ0n) is 33.6. The maximum Gasteiger partial charge on any atom is 0.238 e. The van der Waals surface area contributed by atoms with Gasteiger partial charge in [0.1, 0.15) is 0 Å². The highest BCUT2D eigenvalue weighted by Crippen LogP contribution is 2.44. The second-order valence-electron chi connectivity index (χ2n) is 15.6. The van der Waals surface area contributed by atoms with Crippen molar-refractivity contribution in [3.63, 3.8) is 0 Å². The summed E-state index contributed by atoms with van der Waals surface area (Å²) in [7, 11) is 0. The molecule has 290 valence electrons. The molecule has 5 nitrogen and oxygen atoms in total. The number of hydrogen-bond acceptors (Lipinski definition) is 3. The highest BCUT2D eigenvalue weighted by Gasteiger charge is 2.25. The van der Waals surface area contributed by atoms with Crippen molar-refractivity contribution in [3.8, 4) is 67.8 Å². The van der Waals surface area contributed by atoms with Crippen LogP contribution >= 0.6 is 0 Å². The average molecular weight is 792 g/mol. The van der Waals surface area contributed by atoms with Crippen molar-refractivity contribution in [2.45, 2.75) is 0 Å². The van der Waals surface area contributed by atoms with Crippen molar-refractivity contribution in [2.24, 2.45) is 0 Å². The Labute approximate surface area is 358 Å². The molecule has 0 radical (unpaired) electrons. The van der Waals surface area contributed by atoms with Gasteiger partial charge in [0.25, 0.3) is 0 Å². The molecule has 0 aliphatic rings. The summed E-state index contributed by atoms with van der Waals surface area (Å²) in [6.45, 7) is 0. The van der Waals surface area contributed by atoms with Crippen molar-refractivity contribution >= 4 is 43.6 Å². The van der Waals surface area contributed by atoms with Crippen molar-refractivity contribution in [2.75, 3.05) is 0 Å². The molecule has 0 saturated carbocycles. The number of para-hydroxylation sites is 2. The van der Waals surface area contributed by atoms with Gasteiger partial charge in [-0.1, -0.05) is 206 Å². The van der Waals surface area contributed by atoms with Crippen LogP contribution in [-0.2, 0) is 0 Å². The minimum Gasteiger partial charge on any atom is -0.307 e. The zero-order valence-corrected chi connectivity index (χ0v) is 33.6. The lowest BCUT2D eigenvalue weighted by molar-refractivity contribution is 0.953. The minimum absolute atomic E-state index is 0.554. The van der Waals surface area contributed by atoms with Gasteiger partial charge in [-0.15, -0.1) is 0 Å². The van der Waals surface area contributed by atoms with Crippen molar-refractivity contribution in [1.29, 1.82) is 0 Å². The predicted octanol–water partition coefficient (Wildman–Crippen LogP) is 14.4. The Morgan fingerprint density at radius 3 is 1.26 bits per heavy atom. The Balaban J connectivity index is 1.19. The van der Waals surface area contributed by atoms with Crippen LogP contribution in [0.5, 0.6) is 0 Å². The van der Waals surface area contributed by atoms with Crippen LogP contribution in [0.25, 0.3) is 111 Å². The molecular weight excluding hydrogens is 755 g/mol. The summed E-state index contributed by atoms with van der Waals surface area (Å²) in [4.78, 5) is 15.9. The molecule has 0 aliphatic carbocycles. The van der Waals surface area contributed by atoms with E-state index in [1.807, 2.05) is 24.3 Å². The third-order valence-electron chi connectivity index (χ3n) is 12.0. The summed E-state index contributed by atoms with van der Waals surface area (Å²) < 4.78 is 4.74. The van der Waals surface area contributed by atoms with E-state index >= 15 is 0 Å². The molecule has 0 bridgehead atoms. The molecule has 0 fully saturated rings. The topological polar surface area (TPSA) is 48.5 Å². The largest absolute Gasteiger partial charge is 0.307 e. The normalized spacial score (nSPS) is 11.5. The highest BCUT2D eigenvalue weighted by molar-refractivity contribution is 6.24. The van der Waals surface area contributed by atoms with Crippen LogP contribution in [0, 0.1) is 0 Å². The van der Waals surface area contributed by atoms with Gasteiger partial charge < -0.3 is 4.57 Å². The quantitative estimate of drug-likeness (QED) is 0.162. The van der Waals surface area contributed by atoms with E-state index in [0.717, 1.165) is 88.4 Å². The molecule has 0 saturated heterocycles. The molecule has 0 aliphatic heterocycles. The molecule has 0 N–H and O–H groups in total. The fourth-order valence-electron chi connectivity index (χ4n) is 9.10. The minimum atomic E-state index is 0.554. The number of fused-ring (bicyclic) bond motifs is 7. The smallest absolute Gasteiger partial charge is 0.238 e. The van der Waals surface area contributed by atoms with E-state index in [9.17, 15) is 0 Å². The molecule has 0 unspecified atom stereocenters. The first-order valence-corrected chi connectivity index (χ1v) is 21.0. The Bertz CT molecular complexity index is 3590. The van der Waals surface area contributed by atoms with E-state index in [0.29, 0.717) is 17.6 Å². The first-order chi connectivity index (χ1) is 30.8. The Hall–Kier alpha value is -8.41. The maximum absolute atomic E-state index is 5.39. The van der Waals surface area contributed by atoms with E-state index in [4.69, 9.17) is 15.0 Å². The van der Waals surface area contributed by atoms with Crippen molar-refractivity contribution < 1.29 is 0 Å². The molecule has 5 heteroatoms. The molecule has 0 amide bonds. The Kier molecular flexibility index (Phi) is 8.42. The molecule has 0 atom stereocenters. The van der Waals surface area contributed by atoms with E-state index in [-0.39, 0.29) is 0 Å². The van der Waals surface area contributed by atoms with Crippen molar-refractivity contribution in [3.05, 3.63) is 224 Å². The summed E-state index contributed by atoms with van der Waals surface area (Å²) >= 11 is 0. The Morgan fingerprint density at radius 1 is 0.274 bits per heavy atom. The lowest BCUT2D eigenvalue weighted by Crippen LogP contribution is -2.07. The summed E-state index contributed by atoms with van der Waals surface area (Å²) in [5.74, 6) is 1.77. The highest BCUT2D eigenvalue weighted by atomic mass is 15.2. The number of benzene rings is 9. The van der Waals surface area contributed by atoms with E-state index < -0.39 is 0 Å². The number of hydrogen-bond donors (Lipinski definition) is 0. The molecule has 12 rings (SSSR count). The zero-order chi connectivity index (χ0) is 41.0. The van der Waals surface area contributed by atoms with Crippen LogP contribution in [0.3, 0.4) is 0 Å². The standard InChI is InChI=1S/C57H37N5/c1-5-17-38(18-6-1)40-29-31-43(32-30-40)56-58-55(42-23-11-4-12-24-42)59-57(60-56)62-51-28-16-14-26-47(51)49-36-35-48-46-25-13-15-27-50(46)61(53(48)54(49)62)52-37-44(39-19-7-2-8-20-39)33-34-45(52)41-21-9-3-10-22-41/h1-37H. The molecule has 0 spiro atoms. The molecule has 12 aromatic rings. The summed E-state index contributed by atoms with van der Waals surface area (Å²) in [5.41, 5.74) is 14.1. The molecule has 9 aromatic carbocycles. The van der Waals surface area contributed by atoms with Gasteiger partial charge in [-0.3, -0.25) is 4.57 Å². The van der Waals surface area contributed by atoms with Gasteiger partial charge in [-0.05, 0) is 46.0 Å². The molecule has 3 heterocycles. The van der Waals surface area contributed by atoms with Gasteiger partial charge in [0.05, 0.1) is 27.8 Å². The second-order valence-corrected chi connectivity index (χ2v) is 15.6. The lowest BCUT2D eigenvalue weighted by Gasteiger charge is -2.17. The second kappa shape index (κ2) is 14.7. The van der Waals surface area contributed by atoms with Gasteiger partial charge in [0.2, 0.25) is 5.95 Å². The average Bonchev–Trinajstić information content (AvgIpc) is 3.88. The van der Waals surface area contributed by atoms with Crippen LogP contribution in [0.4, 0.5) is 0 Å². The Morgan fingerprint density at radius 2 is 0.677 bits per heavy atom. The van der Waals surface area contributed by atoms with E-state index in [2.05, 4.69) is 209 Å². The van der Waals surface area contributed by atoms with E-state index in [1.54, 1.807) is 0 Å². The number of aromatic nitrogens is 5. The van der Waals surface area contributed by atoms with Crippen LogP contribution in [0.2, 0.25) is 0 Å². The third-order valence-corrected chi connectivity index (χ3v) is 12.0. The first kappa shape index (κ1) is 35.5. The number of nitrogens with zero attached hydrogens (tertiary/aromatic N) is 5. The summed E-state index contributed by atoms with van der Waals surface area (Å²) in [5, 5.41) is 4.56. The fraction of sp³-hybridized carbons (Fsp3) is 0. The number of rotatable bonds is 7. The molecule has 62 heavy (non-hydrogen) atoms. The lowest BCUT2D eigenvalue weighted by atomic mass is 9.98. The monoisotopic (exact) mass is 791 g/mol. The van der Waals surface area contributed by atoms with E-state index in [1.165, 1.54) is 5.39 Å². The van der Waals surface area contributed by atoms with Gasteiger partial charge in [-0.25, -0.2) is 4.98 Å². The third kappa shape index (κ3) is 5.90. The fourth-order valence-corrected chi connectivity index (χ4v) is 9.10. The summed E-state index contributed by atoms with van der Waals surface area (Å²) in [6.07, 6.45) is 0. The van der Waals surface area contributed by atoms with Gasteiger partial charge in [0.15, 0.2) is 11.6 Å². The van der Waals surface area contributed by atoms with Gasteiger partial charge in [-0.2, -0.15) is 9.97 Å².